The highest BCUT2D eigenvalue weighted by Crippen LogP contribution is 2.29. The maximum absolute atomic E-state index is 12.5. The lowest BCUT2D eigenvalue weighted by molar-refractivity contribution is 0.0934. The Labute approximate surface area is 183 Å². The minimum atomic E-state index is -1.86. The van der Waals surface area contributed by atoms with Crippen molar-refractivity contribution < 1.29 is 14.3 Å². The van der Waals surface area contributed by atoms with E-state index < -0.39 is 15.9 Å². The Bertz CT molecular complexity index is 829. The standard InChI is InChI=1S/C18H18Cl3N3O3S/c1-26-13-8-6-12(7-9-13)22-17(28)24-16(18(19,20)21)23-15(25)11-4-3-5-14(10-11)27-2/h3-10,16H,1-2H3,(H,23,25)(H2,22,24,28). The zero-order chi connectivity index (χ0) is 20.7. The van der Waals surface area contributed by atoms with Gasteiger partial charge in [-0.15, -0.1) is 0 Å². The van der Waals surface area contributed by atoms with Gasteiger partial charge in [-0.3, -0.25) is 4.79 Å². The van der Waals surface area contributed by atoms with Crippen molar-refractivity contribution in [3.63, 3.8) is 0 Å². The molecule has 0 saturated heterocycles. The van der Waals surface area contributed by atoms with Crippen LogP contribution in [0.5, 0.6) is 11.5 Å². The summed E-state index contributed by atoms with van der Waals surface area (Å²) in [6.45, 7) is 0. The predicted molar refractivity (Wildman–Crippen MR) is 117 cm³/mol. The molecule has 0 fully saturated rings. The maximum Gasteiger partial charge on any atom is 0.253 e. The number of nitrogens with one attached hydrogen (secondary N) is 3. The number of anilines is 1. The van der Waals surface area contributed by atoms with E-state index in [-0.39, 0.29) is 5.11 Å². The summed E-state index contributed by atoms with van der Waals surface area (Å²) in [5, 5.41) is 8.51. The first-order valence-corrected chi connectivity index (χ1v) is 9.50. The molecule has 0 radical (unpaired) electrons. The van der Waals surface area contributed by atoms with Gasteiger partial charge in [0.1, 0.15) is 17.7 Å². The van der Waals surface area contributed by atoms with Gasteiger partial charge in [-0.2, -0.15) is 0 Å². The molecule has 1 unspecified atom stereocenters. The molecule has 2 aromatic carbocycles. The van der Waals surface area contributed by atoms with Gasteiger partial charge in [-0.25, -0.2) is 0 Å². The van der Waals surface area contributed by atoms with Crippen molar-refractivity contribution in [2.24, 2.45) is 0 Å². The summed E-state index contributed by atoms with van der Waals surface area (Å²) in [5.41, 5.74) is 1.04. The van der Waals surface area contributed by atoms with Crippen LogP contribution in [0.15, 0.2) is 48.5 Å². The van der Waals surface area contributed by atoms with Crippen molar-refractivity contribution in [3.05, 3.63) is 54.1 Å². The van der Waals surface area contributed by atoms with Gasteiger partial charge in [0.15, 0.2) is 5.11 Å². The molecular formula is C18H18Cl3N3O3S. The predicted octanol–water partition coefficient (Wildman–Crippen LogP) is 4.12. The minimum absolute atomic E-state index is 0.160. The van der Waals surface area contributed by atoms with Crippen LogP contribution in [0.4, 0.5) is 5.69 Å². The lowest BCUT2D eigenvalue weighted by Crippen LogP contribution is -2.56. The molecule has 150 valence electrons. The number of amides is 1. The average molecular weight is 463 g/mol. The lowest BCUT2D eigenvalue weighted by atomic mass is 10.2. The second-order valence-corrected chi connectivity index (χ2v) is 8.28. The number of carbonyl (C=O) groups is 1. The topological polar surface area (TPSA) is 71.6 Å². The molecule has 3 N–H and O–H groups in total. The van der Waals surface area contributed by atoms with E-state index in [4.69, 9.17) is 56.5 Å². The monoisotopic (exact) mass is 461 g/mol. The average Bonchev–Trinajstić information content (AvgIpc) is 2.67. The highest BCUT2D eigenvalue weighted by molar-refractivity contribution is 7.80. The van der Waals surface area contributed by atoms with Crippen LogP contribution >= 0.6 is 47.0 Å². The fourth-order valence-corrected chi connectivity index (χ4v) is 2.71. The second-order valence-electron chi connectivity index (χ2n) is 5.51. The molecule has 6 nitrogen and oxygen atoms in total. The van der Waals surface area contributed by atoms with Gasteiger partial charge >= 0.3 is 0 Å². The van der Waals surface area contributed by atoms with Crippen LogP contribution in [0.3, 0.4) is 0 Å². The molecule has 10 heteroatoms. The SMILES string of the molecule is COc1ccc(NC(=S)NC(NC(=O)c2cccc(OC)c2)C(Cl)(Cl)Cl)cc1. The molecule has 0 saturated carbocycles. The smallest absolute Gasteiger partial charge is 0.253 e. The first-order valence-electron chi connectivity index (χ1n) is 7.96. The van der Waals surface area contributed by atoms with E-state index in [1.165, 1.54) is 7.11 Å². The first-order chi connectivity index (χ1) is 13.2. The molecule has 0 aliphatic rings. The van der Waals surface area contributed by atoms with Crippen molar-refractivity contribution in [1.82, 2.24) is 10.6 Å². The number of hydrogen-bond acceptors (Lipinski definition) is 4. The molecule has 0 heterocycles. The Morgan fingerprint density at radius 1 is 1.00 bits per heavy atom. The molecule has 0 bridgehead atoms. The molecule has 2 aromatic rings. The molecule has 0 aliphatic heterocycles. The number of thiocarbonyl (C=S) groups is 1. The Morgan fingerprint density at radius 2 is 1.64 bits per heavy atom. The summed E-state index contributed by atoms with van der Waals surface area (Å²) < 4.78 is 8.35. The number of benzene rings is 2. The van der Waals surface area contributed by atoms with E-state index in [0.29, 0.717) is 22.7 Å². The number of rotatable bonds is 6. The first kappa shape index (κ1) is 22.4. The molecule has 0 aliphatic carbocycles. The number of halogens is 3. The van der Waals surface area contributed by atoms with E-state index >= 15 is 0 Å². The van der Waals surface area contributed by atoms with Gasteiger partial charge in [0.05, 0.1) is 14.2 Å². The Hall–Kier alpha value is -1.93. The van der Waals surface area contributed by atoms with E-state index in [1.807, 2.05) is 0 Å². The highest BCUT2D eigenvalue weighted by Gasteiger charge is 2.35. The van der Waals surface area contributed by atoms with Crippen molar-refractivity contribution in [3.8, 4) is 11.5 Å². The van der Waals surface area contributed by atoms with Gasteiger partial charge in [0.2, 0.25) is 3.79 Å². The largest absolute Gasteiger partial charge is 0.497 e. The quantitative estimate of drug-likeness (QED) is 0.341. The molecule has 1 atom stereocenters. The lowest BCUT2D eigenvalue weighted by Gasteiger charge is -2.27. The molecular weight excluding hydrogens is 445 g/mol. The summed E-state index contributed by atoms with van der Waals surface area (Å²) in [7, 11) is 3.08. The van der Waals surface area contributed by atoms with Gasteiger partial charge in [-0.05, 0) is 54.7 Å². The van der Waals surface area contributed by atoms with Gasteiger partial charge in [0.25, 0.3) is 5.91 Å². The molecule has 28 heavy (non-hydrogen) atoms. The normalized spacial score (nSPS) is 11.9. The van der Waals surface area contributed by atoms with Crippen molar-refractivity contribution in [2.75, 3.05) is 19.5 Å². The van der Waals surface area contributed by atoms with E-state index in [1.54, 1.807) is 55.6 Å². The van der Waals surface area contributed by atoms with Gasteiger partial charge in [-0.1, -0.05) is 40.9 Å². The van der Waals surface area contributed by atoms with Crippen LogP contribution in [-0.4, -0.2) is 35.2 Å². The van der Waals surface area contributed by atoms with E-state index in [9.17, 15) is 4.79 Å². The fourth-order valence-electron chi connectivity index (χ4n) is 2.15. The summed E-state index contributed by atoms with van der Waals surface area (Å²) in [6, 6.07) is 13.7. The molecule has 0 spiro atoms. The summed E-state index contributed by atoms with van der Waals surface area (Å²) in [6.07, 6.45) is -1.09. The number of carbonyl (C=O) groups excluding carboxylic acids is 1. The number of hydrogen-bond donors (Lipinski definition) is 3. The van der Waals surface area contributed by atoms with Crippen molar-refractivity contribution in [2.45, 2.75) is 9.96 Å². The van der Waals surface area contributed by atoms with E-state index in [2.05, 4.69) is 16.0 Å². The van der Waals surface area contributed by atoms with Crippen LogP contribution < -0.4 is 25.4 Å². The highest BCUT2D eigenvalue weighted by atomic mass is 35.6. The van der Waals surface area contributed by atoms with E-state index in [0.717, 1.165) is 0 Å². The fraction of sp³-hybridized carbons (Fsp3) is 0.222. The number of methoxy groups -OCH3 is 2. The third-order valence-electron chi connectivity index (χ3n) is 3.56. The Balaban J connectivity index is 2.06. The number of ether oxygens (including phenoxy) is 2. The zero-order valence-electron chi connectivity index (χ0n) is 15.0. The maximum atomic E-state index is 12.5. The molecule has 2 rings (SSSR count). The van der Waals surface area contributed by atoms with Crippen LogP contribution in [-0.2, 0) is 0 Å². The summed E-state index contributed by atoms with van der Waals surface area (Å²) in [4.78, 5) is 12.5. The third kappa shape index (κ3) is 6.60. The molecule has 1 amide bonds. The number of alkyl halides is 3. The van der Waals surface area contributed by atoms with Crippen LogP contribution in [0, 0.1) is 0 Å². The van der Waals surface area contributed by atoms with Crippen LogP contribution in [0.1, 0.15) is 10.4 Å². The second kappa shape index (κ2) is 10.0. The van der Waals surface area contributed by atoms with Crippen molar-refractivity contribution >= 4 is 63.7 Å². The van der Waals surface area contributed by atoms with Gasteiger partial charge < -0.3 is 25.4 Å². The summed E-state index contributed by atoms with van der Waals surface area (Å²) in [5.74, 6) is 0.770. The Kier molecular flexibility index (Phi) is 8.00. The molecule has 0 aromatic heterocycles. The van der Waals surface area contributed by atoms with Crippen molar-refractivity contribution in [1.29, 1.82) is 0 Å². The van der Waals surface area contributed by atoms with Crippen LogP contribution in [0.2, 0.25) is 0 Å². The summed E-state index contributed by atoms with van der Waals surface area (Å²) >= 11 is 23.3. The van der Waals surface area contributed by atoms with Gasteiger partial charge in [0, 0.05) is 11.3 Å². The third-order valence-corrected chi connectivity index (χ3v) is 4.43. The zero-order valence-corrected chi connectivity index (χ0v) is 18.0. The minimum Gasteiger partial charge on any atom is -0.497 e. The van der Waals surface area contributed by atoms with Crippen LogP contribution in [0.25, 0.3) is 0 Å². The Morgan fingerprint density at radius 3 is 2.21 bits per heavy atom.